The molecule has 1 N–H and O–H groups in total. The summed E-state index contributed by atoms with van der Waals surface area (Å²) >= 11 is 4.06. The lowest BCUT2D eigenvalue weighted by Gasteiger charge is -2.27. The second kappa shape index (κ2) is 6.02. The predicted molar refractivity (Wildman–Crippen MR) is 83.7 cm³/mol. The Morgan fingerprint density at radius 3 is 2.79 bits per heavy atom. The van der Waals surface area contributed by atoms with Crippen LogP contribution in [0.2, 0.25) is 0 Å². The van der Waals surface area contributed by atoms with Gasteiger partial charge in [-0.25, -0.2) is 9.97 Å². The molecule has 19 heavy (non-hydrogen) atoms. The van der Waals surface area contributed by atoms with Crippen LogP contribution in [0.1, 0.15) is 42.2 Å². The first-order chi connectivity index (χ1) is 9.22. The number of hydrogen-bond acceptors (Lipinski definition) is 5. The Bertz CT molecular complexity index is 448. The van der Waals surface area contributed by atoms with Gasteiger partial charge in [-0.3, -0.25) is 0 Å². The quantitative estimate of drug-likeness (QED) is 0.924. The first-order valence-corrected chi connectivity index (χ1v) is 9.13. The largest absolute Gasteiger partial charge is 0.308 e. The van der Waals surface area contributed by atoms with Crippen LogP contribution >= 0.6 is 23.5 Å². The topological polar surface area (TPSA) is 37.8 Å². The van der Waals surface area contributed by atoms with Gasteiger partial charge in [0, 0.05) is 35.0 Å². The Morgan fingerprint density at radius 1 is 1.26 bits per heavy atom. The summed E-state index contributed by atoms with van der Waals surface area (Å²) < 4.78 is 0. The van der Waals surface area contributed by atoms with Crippen LogP contribution < -0.4 is 5.32 Å². The average Bonchev–Trinajstić information content (AvgIpc) is 3.20. The fraction of sp³-hybridized carbons (Fsp3) is 0.714. The summed E-state index contributed by atoms with van der Waals surface area (Å²) in [5.74, 6) is 3.51. The summed E-state index contributed by atoms with van der Waals surface area (Å²) in [4.78, 5) is 9.48. The molecule has 104 valence electrons. The van der Waals surface area contributed by atoms with E-state index in [1.807, 2.05) is 23.5 Å². The molecule has 1 saturated carbocycles. The lowest BCUT2D eigenvalue weighted by molar-refractivity contribution is 0.663. The van der Waals surface area contributed by atoms with Gasteiger partial charge in [-0.05, 0) is 25.8 Å². The van der Waals surface area contributed by atoms with Gasteiger partial charge in [0.15, 0.2) is 0 Å². The van der Waals surface area contributed by atoms with Crippen molar-refractivity contribution in [3.05, 3.63) is 23.3 Å². The third-order valence-electron chi connectivity index (χ3n) is 3.52. The van der Waals surface area contributed by atoms with E-state index in [4.69, 9.17) is 4.98 Å². The summed E-state index contributed by atoms with van der Waals surface area (Å²) in [7, 11) is 0. The lowest BCUT2D eigenvalue weighted by atomic mass is 10.2. The second-order valence-corrected chi connectivity index (χ2v) is 8.12. The zero-order valence-electron chi connectivity index (χ0n) is 11.6. The number of rotatable bonds is 4. The third-order valence-corrected chi connectivity index (χ3v) is 6.60. The van der Waals surface area contributed by atoms with Crippen molar-refractivity contribution in [2.45, 2.75) is 49.8 Å². The molecule has 2 heterocycles. The summed E-state index contributed by atoms with van der Waals surface area (Å²) in [6, 6.07) is 2.85. The maximum absolute atomic E-state index is 4.80. The van der Waals surface area contributed by atoms with Crippen molar-refractivity contribution in [2.75, 3.05) is 11.5 Å². The van der Waals surface area contributed by atoms with Crippen LogP contribution in [0, 0.1) is 6.92 Å². The standard InChI is InChI=1S/C14H21N3S2/c1-9-7-12(8-15-11-3-4-11)17-14(16-9)13-10(2)18-5-6-19-13/h7,10-11,13,15H,3-6,8H2,1-2H3. The second-order valence-electron chi connectivity index (χ2n) is 5.38. The van der Waals surface area contributed by atoms with Crippen LogP contribution in [0.5, 0.6) is 0 Å². The minimum Gasteiger partial charge on any atom is -0.308 e. The molecule has 2 atom stereocenters. The van der Waals surface area contributed by atoms with Gasteiger partial charge in [0.2, 0.25) is 0 Å². The molecule has 0 aromatic carbocycles. The zero-order valence-corrected chi connectivity index (χ0v) is 13.2. The van der Waals surface area contributed by atoms with Crippen molar-refractivity contribution in [3.63, 3.8) is 0 Å². The number of nitrogens with zero attached hydrogens (tertiary/aromatic N) is 2. The monoisotopic (exact) mass is 295 g/mol. The highest BCUT2D eigenvalue weighted by atomic mass is 32.2. The van der Waals surface area contributed by atoms with Crippen LogP contribution in [0.4, 0.5) is 0 Å². The van der Waals surface area contributed by atoms with E-state index < -0.39 is 0 Å². The number of aryl methyl sites for hydroxylation is 1. The molecule has 1 aliphatic carbocycles. The van der Waals surface area contributed by atoms with E-state index in [1.54, 1.807) is 0 Å². The zero-order chi connectivity index (χ0) is 13.2. The van der Waals surface area contributed by atoms with Crippen molar-refractivity contribution in [3.8, 4) is 0 Å². The van der Waals surface area contributed by atoms with Crippen LogP contribution in [0.25, 0.3) is 0 Å². The maximum Gasteiger partial charge on any atom is 0.142 e. The van der Waals surface area contributed by atoms with Gasteiger partial charge in [0.05, 0.1) is 10.9 Å². The van der Waals surface area contributed by atoms with Gasteiger partial charge in [-0.15, -0.1) is 11.8 Å². The molecule has 0 bridgehead atoms. The summed E-state index contributed by atoms with van der Waals surface area (Å²) in [6.45, 7) is 5.27. The molecule has 1 aromatic heterocycles. The Morgan fingerprint density at radius 2 is 2.05 bits per heavy atom. The Hall–Kier alpha value is -0.260. The molecule has 2 unspecified atom stereocenters. The van der Waals surface area contributed by atoms with E-state index >= 15 is 0 Å². The lowest BCUT2D eigenvalue weighted by Crippen LogP contribution is -2.21. The first kappa shape index (κ1) is 13.7. The molecule has 2 aliphatic rings. The minimum absolute atomic E-state index is 0.457. The minimum atomic E-state index is 0.457. The fourth-order valence-electron chi connectivity index (χ4n) is 2.33. The van der Waals surface area contributed by atoms with Crippen molar-refractivity contribution in [1.29, 1.82) is 0 Å². The molecule has 0 amide bonds. The molecular weight excluding hydrogens is 274 g/mol. The highest BCUT2D eigenvalue weighted by molar-refractivity contribution is 8.06. The number of aromatic nitrogens is 2. The van der Waals surface area contributed by atoms with Gasteiger partial charge in [0.25, 0.3) is 0 Å². The van der Waals surface area contributed by atoms with Crippen LogP contribution in [0.15, 0.2) is 6.07 Å². The van der Waals surface area contributed by atoms with Crippen molar-refractivity contribution < 1.29 is 0 Å². The molecule has 3 rings (SSSR count). The number of hydrogen-bond donors (Lipinski definition) is 1. The number of nitrogens with one attached hydrogen (secondary N) is 1. The van der Waals surface area contributed by atoms with E-state index in [0.717, 1.165) is 29.8 Å². The Kier molecular flexibility index (Phi) is 4.34. The molecular formula is C14H21N3S2. The van der Waals surface area contributed by atoms with Gasteiger partial charge in [-0.1, -0.05) is 6.92 Å². The van der Waals surface area contributed by atoms with Crippen LogP contribution in [-0.4, -0.2) is 32.8 Å². The van der Waals surface area contributed by atoms with E-state index in [1.165, 1.54) is 24.3 Å². The Balaban J connectivity index is 1.75. The maximum atomic E-state index is 4.80. The fourth-order valence-corrected chi connectivity index (χ4v) is 5.02. The first-order valence-electron chi connectivity index (χ1n) is 7.03. The highest BCUT2D eigenvalue weighted by Gasteiger charge is 2.27. The smallest absolute Gasteiger partial charge is 0.142 e. The van der Waals surface area contributed by atoms with Gasteiger partial charge < -0.3 is 5.32 Å². The SMILES string of the molecule is Cc1cc(CNC2CC2)nc(C2SCCSC2C)n1. The Labute approximate surface area is 123 Å². The average molecular weight is 295 g/mol. The molecule has 1 aliphatic heterocycles. The highest BCUT2D eigenvalue weighted by Crippen LogP contribution is 2.41. The van der Waals surface area contributed by atoms with Gasteiger partial charge >= 0.3 is 0 Å². The predicted octanol–water partition coefficient (Wildman–Crippen LogP) is 2.95. The van der Waals surface area contributed by atoms with Crippen LogP contribution in [0.3, 0.4) is 0 Å². The van der Waals surface area contributed by atoms with E-state index in [2.05, 4.69) is 30.2 Å². The molecule has 3 nitrogen and oxygen atoms in total. The third kappa shape index (κ3) is 3.64. The van der Waals surface area contributed by atoms with E-state index in [-0.39, 0.29) is 0 Å². The van der Waals surface area contributed by atoms with Crippen molar-refractivity contribution in [1.82, 2.24) is 15.3 Å². The summed E-state index contributed by atoms with van der Waals surface area (Å²) in [5.41, 5.74) is 2.25. The molecule has 2 fully saturated rings. The number of thioether (sulfide) groups is 2. The molecule has 1 saturated heterocycles. The molecule has 5 heteroatoms. The summed E-state index contributed by atoms with van der Waals surface area (Å²) in [6.07, 6.45) is 2.64. The molecule has 0 radical (unpaired) electrons. The molecule has 0 spiro atoms. The molecule has 1 aromatic rings. The van der Waals surface area contributed by atoms with E-state index in [0.29, 0.717) is 10.5 Å². The van der Waals surface area contributed by atoms with Crippen molar-refractivity contribution in [2.24, 2.45) is 0 Å². The normalized spacial score (nSPS) is 27.5. The summed E-state index contributed by atoms with van der Waals surface area (Å²) in [5, 5.41) is 4.61. The van der Waals surface area contributed by atoms with E-state index in [9.17, 15) is 0 Å². The van der Waals surface area contributed by atoms with Gasteiger partial charge in [0.1, 0.15) is 5.82 Å². The van der Waals surface area contributed by atoms with Gasteiger partial charge in [-0.2, -0.15) is 11.8 Å². The van der Waals surface area contributed by atoms with Crippen molar-refractivity contribution >= 4 is 23.5 Å². The van der Waals surface area contributed by atoms with Crippen LogP contribution in [-0.2, 0) is 6.54 Å².